The molecule has 0 aromatic heterocycles. The maximum atomic E-state index is 7.80. The first-order valence-corrected chi connectivity index (χ1v) is 7.70. The number of hydrogen-bond donors (Lipinski definition) is 4. The van der Waals surface area contributed by atoms with Crippen LogP contribution in [0.15, 0.2) is 20.0 Å². The minimum atomic E-state index is 0.539. The van der Waals surface area contributed by atoms with Gasteiger partial charge in [0.05, 0.1) is 8.31 Å². The van der Waals surface area contributed by atoms with Gasteiger partial charge in [0.15, 0.2) is 0 Å². The third-order valence-electron chi connectivity index (χ3n) is 2.62. The second-order valence-electron chi connectivity index (χ2n) is 4.28. The molecule has 1 aliphatic carbocycles. The van der Waals surface area contributed by atoms with Gasteiger partial charge >= 0.3 is 0 Å². The van der Waals surface area contributed by atoms with Crippen LogP contribution >= 0.6 is 38.5 Å². The van der Waals surface area contributed by atoms with Crippen LogP contribution in [0.25, 0.3) is 0 Å². The zero-order valence-electron chi connectivity index (χ0n) is 10.3. The summed E-state index contributed by atoms with van der Waals surface area (Å²) in [6.07, 6.45) is 5.55. The standard InChI is InChI=1S/C12H18BrIN4/c1-8(16)10(7-17-11(14)4-5-15)12(13)18-6-9-2-3-9/h4-5,9,15-18H,2-3,6-7H2,1H3/b11-4-,12-10-,15-5?,16-8?. The maximum absolute atomic E-state index is 7.80. The number of nitrogens with one attached hydrogen (secondary N) is 4. The van der Waals surface area contributed by atoms with Crippen LogP contribution in [-0.4, -0.2) is 25.0 Å². The molecule has 1 fully saturated rings. The fraction of sp³-hybridized carbons (Fsp3) is 0.500. The first-order chi connectivity index (χ1) is 8.54. The van der Waals surface area contributed by atoms with Crippen molar-refractivity contribution < 1.29 is 0 Å². The largest absolute Gasteiger partial charge is 0.379 e. The number of allylic oxidation sites excluding steroid dienone is 1. The molecular weight excluding hydrogens is 407 g/mol. The minimum absolute atomic E-state index is 0.539. The first kappa shape index (κ1) is 15.7. The van der Waals surface area contributed by atoms with Crippen LogP contribution in [0.4, 0.5) is 0 Å². The quantitative estimate of drug-likeness (QED) is 0.274. The van der Waals surface area contributed by atoms with Crippen molar-refractivity contribution in [2.24, 2.45) is 5.92 Å². The van der Waals surface area contributed by atoms with Gasteiger partial charge in [0, 0.05) is 30.6 Å². The van der Waals surface area contributed by atoms with Crippen LogP contribution in [0.5, 0.6) is 0 Å². The lowest BCUT2D eigenvalue weighted by atomic mass is 10.2. The van der Waals surface area contributed by atoms with Gasteiger partial charge in [-0.1, -0.05) is 0 Å². The average Bonchev–Trinajstić information content (AvgIpc) is 3.10. The van der Waals surface area contributed by atoms with E-state index in [0.717, 1.165) is 26.3 Å². The molecule has 0 radical (unpaired) electrons. The molecule has 1 aliphatic rings. The smallest absolute Gasteiger partial charge is 0.0848 e. The van der Waals surface area contributed by atoms with Gasteiger partial charge in [0.1, 0.15) is 0 Å². The van der Waals surface area contributed by atoms with E-state index in [-0.39, 0.29) is 0 Å². The van der Waals surface area contributed by atoms with Crippen molar-refractivity contribution in [2.45, 2.75) is 19.8 Å². The SMILES string of the molecule is CC(=N)/C(CN/C(I)=C\C=N)=C(/Br)NCC1CC1. The second-order valence-corrected chi connectivity index (χ2v) is 6.23. The lowest BCUT2D eigenvalue weighted by Crippen LogP contribution is -2.23. The van der Waals surface area contributed by atoms with Crippen LogP contribution < -0.4 is 10.6 Å². The molecule has 0 spiro atoms. The van der Waals surface area contributed by atoms with Gasteiger partial charge in [0.25, 0.3) is 0 Å². The molecule has 0 amide bonds. The highest BCUT2D eigenvalue weighted by Crippen LogP contribution is 2.28. The highest BCUT2D eigenvalue weighted by Gasteiger charge is 2.21. The predicted octanol–water partition coefficient (Wildman–Crippen LogP) is 3.15. The molecule has 18 heavy (non-hydrogen) atoms. The van der Waals surface area contributed by atoms with Crippen molar-refractivity contribution in [3.63, 3.8) is 0 Å². The van der Waals surface area contributed by atoms with Crippen LogP contribution in [0.2, 0.25) is 0 Å². The Labute approximate surface area is 130 Å². The fourth-order valence-electron chi connectivity index (χ4n) is 1.34. The van der Waals surface area contributed by atoms with Gasteiger partial charge in [-0.2, -0.15) is 0 Å². The molecule has 0 aromatic carbocycles. The summed E-state index contributed by atoms with van der Waals surface area (Å²) in [6.45, 7) is 3.34. The molecule has 4 N–H and O–H groups in total. The van der Waals surface area contributed by atoms with E-state index in [2.05, 4.69) is 49.2 Å². The van der Waals surface area contributed by atoms with Crippen molar-refractivity contribution in [1.29, 1.82) is 10.8 Å². The van der Waals surface area contributed by atoms with Crippen molar-refractivity contribution in [3.8, 4) is 0 Å². The second kappa shape index (κ2) is 7.93. The molecule has 1 rings (SSSR count). The zero-order chi connectivity index (χ0) is 13.5. The molecular formula is C12H18BrIN4. The Morgan fingerprint density at radius 3 is 2.61 bits per heavy atom. The lowest BCUT2D eigenvalue weighted by molar-refractivity contribution is 0.736. The number of rotatable bonds is 8. The molecule has 6 heteroatoms. The van der Waals surface area contributed by atoms with Gasteiger partial charge < -0.3 is 21.5 Å². The molecule has 100 valence electrons. The monoisotopic (exact) mass is 424 g/mol. The van der Waals surface area contributed by atoms with Gasteiger partial charge in [0.2, 0.25) is 0 Å². The van der Waals surface area contributed by atoms with Gasteiger partial charge in [-0.25, -0.2) is 0 Å². The summed E-state index contributed by atoms with van der Waals surface area (Å²) in [5, 5.41) is 21.3. The Morgan fingerprint density at radius 2 is 2.11 bits per heavy atom. The van der Waals surface area contributed by atoms with Crippen molar-refractivity contribution >= 4 is 50.4 Å². The Bertz CT molecular complexity index is 386. The average molecular weight is 425 g/mol. The molecule has 0 aromatic rings. The van der Waals surface area contributed by atoms with Crippen molar-refractivity contribution in [3.05, 3.63) is 20.0 Å². The summed E-state index contributed by atoms with van der Waals surface area (Å²) in [5.74, 6) is 0.802. The van der Waals surface area contributed by atoms with E-state index >= 15 is 0 Å². The van der Waals surface area contributed by atoms with E-state index in [1.54, 1.807) is 13.0 Å². The Kier molecular flexibility index (Phi) is 6.91. The minimum Gasteiger partial charge on any atom is -0.379 e. The molecule has 0 heterocycles. The van der Waals surface area contributed by atoms with E-state index < -0.39 is 0 Å². The third-order valence-corrected chi connectivity index (χ3v) is 4.12. The molecule has 4 nitrogen and oxygen atoms in total. The van der Waals surface area contributed by atoms with Crippen molar-refractivity contribution in [1.82, 2.24) is 10.6 Å². The normalized spacial score (nSPS) is 16.9. The zero-order valence-corrected chi connectivity index (χ0v) is 14.1. The topological polar surface area (TPSA) is 71.8 Å². The van der Waals surface area contributed by atoms with E-state index in [1.807, 2.05) is 0 Å². The molecule has 0 aliphatic heterocycles. The van der Waals surface area contributed by atoms with Gasteiger partial charge in [-0.05, 0) is 70.3 Å². The molecule has 0 atom stereocenters. The van der Waals surface area contributed by atoms with Gasteiger partial charge in [-0.3, -0.25) is 0 Å². The maximum Gasteiger partial charge on any atom is 0.0848 e. The van der Waals surface area contributed by atoms with Crippen LogP contribution in [0.1, 0.15) is 19.8 Å². The van der Waals surface area contributed by atoms with E-state index in [1.165, 1.54) is 19.1 Å². The van der Waals surface area contributed by atoms with Gasteiger partial charge in [-0.15, -0.1) is 0 Å². The molecule has 0 saturated heterocycles. The summed E-state index contributed by atoms with van der Waals surface area (Å²) in [7, 11) is 0. The van der Waals surface area contributed by atoms with Crippen LogP contribution in [0, 0.1) is 16.7 Å². The van der Waals surface area contributed by atoms with Crippen LogP contribution in [0.3, 0.4) is 0 Å². The van der Waals surface area contributed by atoms with E-state index in [9.17, 15) is 0 Å². The fourth-order valence-corrected chi connectivity index (χ4v) is 2.31. The van der Waals surface area contributed by atoms with E-state index in [0.29, 0.717) is 12.3 Å². The molecule has 1 saturated carbocycles. The summed E-state index contributed by atoms with van der Waals surface area (Å²) in [4.78, 5) is 0. The summed E-state index contributed by atoms with van der Waals surface area (Å²) < 4.78 is 1.79. The van der Waals surface area contributed by atoms with E-state index in [4.69, 9.17) is 10.8 Å². The lowest BCUT2D eigenvalue weighted by Gasteiger charge is -2.13. The summed E-state index contributed by atoms with van der Waals surface area (Å²) in [6, 6.07) is 0. The Hall–Kier alpha value is -0.370. The van der Waals surface area contributed by atoms with Crippen LogP contribution in [-0.2, 0) is 0 Å². The molecule has 0 bridgehead atoms. The summed E-state index contributed by atoms with van der Waals surface area (Å²) >= 11 is 5.64. The number of hydrogen-bond acceptors (Lipinski definition) is 4. The first-order valence-electron chi connectivity index (χ1n) is 5.82. The highest BCUT2D eigenvalue weighted by molar-refractivity contribution is 14.1. The summed E-state index contributed by atoms with van der Waals surface area (Å²) in [5.41, 5.74) is 1.46. The van der Waals surface area contributed by atoms with Crippen molar-refractivity contribution in [2.75, 3.05) is 13.1 Å². The third kappa shape index (κ3) is 5.99. The predicted molar refractivity (Wildman–Crippen MR) is 89.0 cm³/mol. The highest BCUT2D eigenvalue weighted by atomic mass is 127. The Morgan fingerprint density at radius 1 is 1.44 bits per heavy atom. The molecule has 0 unspecified atom stereocenters. The number of halogens is 2. The Balaban J connectivity index is 2.55.